The molecule has 0 amide bonds. The maximum Gasteiger partial charge on any atom is 0.0681 e. The van der Waals surface area contributed by atoms with Gasteiger partial charge in [-0.1, -0.05) is 74.5 Å². The number of fused-ring (bicyclic) bond motifs is 3. The minimum atomic E-state index is -0.0368. The summed E-state index contributed by atoms with van der Waals surface area (Å²) in [6, 6.07) is 34.5. The maximum atomic E-state index is 9.76. The number of aliphatic hydroxyl groups excluding tert-OH is 1. The van der Waals surface area contributed by atoms with E-state index < -0.39 is 0 Å². The van der Waals surface area contributed by atoms with Crippen molar-refractivity contribution in [2.75, 3.05) is 4.90 Å². The van der Waals surface area contributed by atoms with E-state index in [2.05, 4.69) is 116 Å². The van der Waals surface area contributed by atoms with E-state index in [1.807, 2.05) is 0 Å². The number of nitrogens with zero attached hydrogens (tertiary/aromatic N) is 1. The quantitative estimate of drug-likeness (QED) is 0.345. The van der Waals surface area contributed by atoms with Gasteiger partial charge in [0.05, 0.1) is 6.61 Å². The van der Waals surface area contributed by atoms with Crippen molar-refractivity contribution >= 4 is 17.1 Å². The van der Waals surface area contributed by atoms with Crippen LogP contribution in [0.25, 0.3) is 11.1 Å². The Morgan fingerprint density at radius 1 is 0.625 bits per heavy atom. The van der Waals surface area contributed by atoms with Crippen LogP contribution in [-0.4, -0.2) is 5.11 Å². The Labute approximate surface area is 190 Å². The SMILES string of the molecule is CCC1(CC)c2cc(CO)ccc2-c2ccc(N(c3ccccc3)c3ccccc3)cc21. The van der Waals surface area contributed by atoms with Crippen molar-refractivity contribution in [3.63, 3.8) is 0 Å². The van der Waals surface area contributed by atoms with Crippen LogP contribution in [0.15, 0.2) is 97.1 Å². The highest BCUT2D eigenvalue weighted by Crippen LogP contribution is 2.54. The van der Waals surface area contributed by atoms with Crippen LogP contribution in [0.5, 0.6) is 0 Å². The Kier molecular flexibility index (Phi) is 5.32. The lowest BCUT2D eigenvalue weighted by Crippen LogP contribution is -2.23. The monoisotopic (exact) mass is 419 g/mol. The number of hydrogen-bond donors (Lipinski definition) is 1. The second-order valence-electron chi connectivity index (χ2n) is 8.56. The largest absolute Gasteiger partial charge is 0.392 e. The number of para-hydroxylation sites is 2. The fourth-order valence-corrected chi connectivity index (χ4v) is 5.38. The molecule has 32 heavy (non-hydrogen) atoms. The number of benzene rings is 4. The number of aliphatic hydroxyl groups is 1. The Morgan fingerprint density at radius 2 is 1.16 bits per heavy atom. The molecule has 0 radical (unpaired) electrons. The van der Waals surface area contributed by atoms with Crippen molar-refractivity contribution in [1.29, 1.82) is 0 Å². The molecular weight excluding hydrogens is 390 g/mol. The van der Waals surface area contributed by atoms with E-state index in [4.69, 9.17) is 0 Å². The van der Waals surface area contributed by atoms with Crippen molar-refractivity contribution in [2.45, 2.75) is 38.7 Å². The van der Waals surface area contributed by atoms with Crippen molar-refractivity contribution in [3.05, 3.63) is 114 Å². The van der Waals surface area contributed by atoms with E-state index >= 15 is 0 Å². The van der Waals surface area contributed by atoms with Gasteiger partial charge in [0.2, 0.25) is 0 Å². The first kappa shape index (κ1) is 20.5. The van der Waals surface area contributed by atoms with Gasteiger partial charge < -0.3 is 10.0 Å². The average molecular weight is 420 g/mol. The topological polar surface area (TPSA) is 23.5 Å². The standard InChI is InChI=1S/C30H29NO/c1-3-30(4-2)28-19-22(21-32)15-17-26(28)27-18-16-25(20-29(27)30)31(23-11-7-5-8-12-23)24-13-9-6-10-14-24/h5-20,32H,3-4,21H2,1-2H3. The fourth-order valence-electron chi connectivity index (χ4n) is 5.38. The normalized spacial score (nSPS) is 13.5. The molecule has 2 nitrogen and oxygen atoms in total. The van der Waals surface area contributed by atoms with Crippen LogP contribution in [0.1, 0.15) is 43.4 Å². The minimum Gasteiger partial charge on any atom is -0.392 e. The van der Waals surface area contributed by atoms with Crippen LogP contribution < -0.4 is 4.90 Å². The van der Waals surface area contributed by atoms with Gasteiger partial charge in [-0.3, -0.25) is 0 Å². The fraction of sp³-hybridized carbons (Fsp3) is 0.200. The first-order valence-electron chi connectivity index (χ1n) is 11.5. The molecular formula is C30H29NO. The minimum absolute atomic E-state index is 0.0368. The molecule has 0 heterocycles. The summed E-state index contributed by atoms with van der Waals surface area (Å²) in [6.45, 7) is 4.65. The summed E-state index contributed by atoms with van der Waals surface area (Å²) in [5.41, 5.74) is 9.78. The van der Waals surface area contributed by atoms with E-state index in [-0.39, 0.29) is 12.0 Å². The molecule has 1 aliphatic rings. The second-order valence-corrected chi connectivity index (χ2v) is 8.56. The van der Waals surface area contributed by atoms with E-state index in [1.54, 1.807) is 0 Å². The Morgan fingerprint density at radius 3 is 1.69 bits per heavy atom. The summed E-state index contributed by atoms with van der Waals surface area (Å²) >= 11 is 0. The van der Waals surface area contributed by atoms with Gasteiger partial charge >= 0.3 is 0 Å². The number of hydrogen-bond acceptors (Lipinski definition) is 2. The summed E-state index contributed by atoms with van der Waals surface area (Å²) < 4.78 is 0. The Balaban J connectivity index is 1.72. The maximum absolute atomic E-state index is 9.76. The van der Waals surface area contributed by atoms with Crippen LogP contribution >= 0.6 is 0 Å². The summed E-state index contributed by atoms with van der Waals surface area (Å²) in [4.78, 5) is 2.33. The molecule has 5 rings (SSSR count). The molecule has 4 aromatic rings. The Hall–Kier alpha value is -3.36. The van der Waals surface area contributed by atoms with Crippen molar-refractivity contribution < 1.29 is 5.11 Å². The summed E-state index contributed by atoms with van der Waals surface area (Å²) in [5, 5.41) is 9.76. The molecule has 0 unspecified atom stereocenters. The molecule has 2 heteroatoms. The predicted octanol–water partition coefficient (Wildman–Crippen LogP) is 7.74. The van der Waals surface area contributed by atoms with Gasteiger partial charge in [-0.2, -0.15) is 0 Å². The summed E-state index contributed by atoms with van der Waals surface area (Å²) in [5.74, 6) is 0. The van der Waals surface area contributed by atoms with E-state index in [9.17, 15) is 5.11 Å². The molecule has 160 valence electrons. The van der Waals surface area contributed by atoms with Crippen molar-refractivity contribution in [1.82, 2.24) is 0 Å². The summed E-state index contributed by atoms with van der Waals surface area (Å²) in [7, 11) is 0. The zero-order chi connectivity index (χ0) is 22.1. The third-order valence-corrected chi connectivity index (χ3v) is 7.09. The molecule has 0 bridgehead atoms. The lowest BCUT2D eigenvalue weighted by atomic mass is 9.73. The number of rotatable bonds is 6. The Bertz CT molecular complexity index is 1190. The van der Waals surface area contributed by atoms with Crippen molar-refractivity contribution in [3.8, 4) is 11.1 Å². The van der Waals surface area contributed by atoms with E-state index in [1.165, 1.54) is 27.9 Å². The molecule has 0 aromatic heterocycles. The molecule has 1 aliphatic carbocycles. The van der Waals surface area contributed by atoms with Crippen LogP contribution in [0.2, 0.25) is 0 Å². The highest BCUT2D eigenvalue weighted by molar-refractivity contribution is 5.86. The lowest BCUT2D eigenvalue weighted by molar-refractivity contribution is 0.281. The third kappa shape index (κ3) is 3.14. The van der Waals surface area contributed by atoms with Gasteiger partial charge in [-0.25, -0.2) is 0 Å². The summed E-state index contributed by atoms with van der Waals surface area (Å²) in [6.07, 6.45) is 2.05. The molecule has 0 aliphatic heterocycles. The van der Waals surface area contributed by atoms with Gasteiger partial charge in [0.15, 0.2) is 0 Å². The highest BCUT2D eigenvalue weighted by Gasteiger charge is 2.41. The van der Waals surface area contributed by atoms with Gasteiger partial charge in [0.1, 0.15) is 0 Å². The van der Waals surface area contributed by atoms with E-state index in [0.29, 0.717) is 0 Å². The molecule has 4 aromatic carbocycles. The number of anilines is 3. The molecule has 0 spiro atoms. The van der Waals surface area contributed by atoms with Crippen molar-refractivity contribution in [2.24, 2.45) is 0 Å². The van der Waals surface area contributed by atoms with Crippen LogP contribution in [0, 0.1) is 0 Å². The predicted molar refractivity (Wildman–Crippen MR) is 134 cm³/mol. The van der Waals surface area contributed by atoms with Gasteiger partial charge in [-0.05, 0) is 77.1 Å². The van der Waals surface area contributed by atoms with Crippen LogP contribution in [0.4, 0.5) is 17.1 Å². The van der Waals surface area contributed by atoms with Crippen LogP contribution in [0.3, 0.4) is 0 Å². The first-order chi connectivity index (χ1) is 15.7. The van der Waals surface area contributed by atoms with Gasteiger partial charge in [0.25, 0.3) is 0 Å². The first-order valence-corrected chi connectivity index (χ1v) is 11.5. The van der Waals surface area contributed by atoms with Gasteiger partial charge in [0, 0.05) is 22.5 Å². The zero-order valence-electron chi connectivity index (χ0n) is 18.8. The molecule has 0 fully saturated rings. The second kappa shape index (κ2) is 8.29. The molecule has 1 N–H and O–H groups in total. The molecule has 0 saturated heterocycles. The van der Waals surface area contributed by atoms with E-state index in [0.717, 1.165) is 29.8 Å². The zero-order valence-corrected chi connectivity index (χ0v) is 18.8. The van der Waals surface area contributed by atoms with Gasteiger partial charge in [-0.15, -0.1) is 0 Å². The molecule has 0 atom stereocenters. The highest BCUT2D eigenvalue weighted by atomic mass is 16.3. The van der Waals surface area contributed by atoms with Crippen LogP contribution in [-0.2, 0) is 12.0 Å². The smallest absolute Gasteiger partial charge is 0.0681 e. The third-order valence-electron chi connectivity index (χ3n) is 7.09. The average Bonchev–Trinajstić information content (AvgIpc) is 3.14. The molecule has 0 saturated carbocycles. The lowest BCUT2D eigenvalue weighted by Gasteiger charge is -2.32.